The Morgan fingerprint density at radius 3 is 2.72 bits per heavy atom. The zero-order valence-corrected chi connectivity index (χ0v) is 14.5. The molecule has 0 bridgehead atoms. The van der Waals surface area contributed by atoms with Gasteiger partial charge in [0.15, 0.2) is 11.6 Å². The Balaban J connectivity index is 1.99. The number of hydrogen-bond donors (Lipinski definition) is 1. The largest absolute Gasteiger partial charge is 0.480 e. The molecule has 1 saturated heterocycles. The number of morpholine rings is 1. The van der Waals surface area contributed by atoms with Gasteiger partial charge >= 0.3 is 5.97 Å². The van der Waals surface area contributed by atoms with E-state index in [0.717, 1.165) is 22.7 Å². The number of ether oxygens (including phenoxy) is 1. The molecule has 25 heavy (non-hydrogen) atoms. The van der Waals surface area contributed by atoms with Crippen LogP contribution in [-0.2, 0) is 26.1 Å². The van der Waals surface area contributed by atoms with Crippen LogP contribution in [0.2, 0.25) is 0 Å². The molecule has 0 saturated carbocycles. The maximum Gasteiger partial charge on any atom is 0.318 e. The SMILES string of the molecule is CS(=O)(=O)N(CC(=O)O)CC1CN(Cc2ccc(F)c(F)c2)CCO1. The van der Waals surface area contributed by atoms with Gasteiger partial charge in [0.2, 0.25) is 10.0 Å². The van der Waals surface area contributed by atoms with Crippen LogP contribution >= 0.6 is 0 Å². The van der Waals surface area contributed by atoms with E-state index in [1.165, 1.54) is 6.07 Å². The quantitative estimate of drug-likeness (QED) is 0.744. The Bertz CT molecular complexity index is 729. The van der Waals surface area contributed by atoms with E-state index in [0.29, 0.717) is 31.8 Å². The average Bonchev–Trinajstić information content (AvgIpc) is 2.49. The molecule has 0 spiro atoms. The average molecular weight is 378 g/mol. The van der Waals surface area contributed by atoms with Crippen LogP contribution in [0.25, 0.3) is 0 Å². The number of nitrogens with zero attached hydrogens (tertiary/aromatic N) is 2. The van der Waals surface area contributed by atoms with Crippen LogP contribution in [0.5, 0.6) is 0 Å². The Labute approximate surface area is 144 Å². The first-order valence-corrected chi connectivity index (χ1v) is 9.45. The zero-order chi connectivity index (χ0) is 18.6. The lowest BCUT2D eigenvalue weighted by atomic mass is 10.1. The lowest BCUT2D eigenvalue weighted by Gasteiger charge is -2.34. The topological polar surface area (TPSA) is 87.2 Å². The van der Waals surface area contributed by atoms with Crippen molar-refractivity contribution >= 4 is 16.0 Å². The van der Waals surface area contributed by atoms with E-state index in [1.807, 2.05) is 4.90 Å². The van der Waals surface area contributed by atoms with Gasteiger partial charge in [-0.3, -0.25) is 9.69 Å². The minimum absolute atomic E-state index is 0.0839. The highest BCUT2D eigenvalue weighted by Crippen LogP contribution is 2.15. The monoisotopic (exact) mass is 378 g/mol. The lowest BCUT2D eigenvalue weighted by molar-refractivity contribution is -0.137. The summed E-state index contributed by atoms with van der Waals surface area (Å²) in [5, 5.41) is 8.85. The molecule has 2 rings (SSSR count). The minimum atomic E-state index is -3.68. The van der Waals surface area contributed by atoms with Crippen molar-refractivity contribution in [2.75, 3.05) is 39.0 Å². The van der Waals surface area contributed by atoms with Gasteiger partial charge in [0.25, 0.3) is 0 Å². The van der Waals surface area contributed by atoms with Gasteiger partial charge in [-0.15, -0.1) is 0 Å². The molecule has 1 aliphatic heterocycles. The Morgan fingerprint density at radius 2 is 2.12 bits per heavy atom. The highest BCUT2D eigenvalue weighted by Gasteiger charge is 2.28. The third kappa shape index (κ3) is 5.99. The van der Waals surface area contributed by atoms with Gasteiger partial charge in [-0.05, 0) is 17.7 Å². The summed E-state index contributed by atoms with van der Waals surface area (Å²) in [6.07, 6.45) is 0.436. The fourth-order valence-corrected chi connectivity index (χ4v) is 3.41. The van der Waals surface area contributed by atoms with E-state index in [9.17, 15) is 22.0 Å². The molecular formula is C15H20F2N2O5S. The first kappa shape index (κ1) is 19.7. The first-order valence-electron chi connectivity index (χ1n) is 7.60. The standard InChI is InChI=1S/C15H20F2N2O5S/c1-25(22,23)19(10-15(20)21)9-12-8-18(4-5-24-12)7-11-2-3-13(16)14(17)6-11/h2-3,6,12H,4-5,7-10H2,1H3,(H,20,21). The van der Waals surface area contributed by atoms with Gasteiger partial charge < -0.3 is 9.84 Å². The zero-order valence-electron chi connectivity index (χ0n) is 13.7. The predicted molar refractivity (Wildman–Crippen MR) is 85.4 cm³/mol. The van der Waals surface area contributed by atoms with Crippen molar-refractivity contribution in [2.24, 2.45) is 0 Å². The molecule has 1 N–H and O–H groups in total. The van der Waals surface area contributed by atoms with E-state index in [2.05, 4.69) is 0 Å². The third-order valence-corrected chi connectivity index (χ3v) is 5.02. The number of sulfonamides is 1. The highest BCUT2D eigenvalue weighted by atomic mass is 32.2. The summed E-state index contributed by atoms with van der Waals surface area (Å²) in [6, 6.07) is 3.66. The van der Waals surface area contributed by atoms with Crippen molar-refractivity contribution in [3.63, 3.8) is 0 Å². The summed E-state index contributed by atoms with van der Waals surface area (Å²) >= 11 is 0. The number of carboxylic acid groups (broad SMARTS) is 1. The number of carbonyl (C=O) groups is 1. The van der Waals surface area contributed by atoms with Crippen LogP contribution in [0.1, 0.15) is 5.56 Å². The Hall–Kier alpha value is -1.62. The lowest BCUT2D eigenvalue weighted by Crippen LogP contribution is -2.49. The molecule has 1 aromatic rings. The van der Waals surface area contributed by atoms with Crippen molar-refractivity contribution in [1.29, 1.82) is 0 Å². The first-order chi connectivity index (χ1) is 11.6. The number of aliphatic carboxylic acids is 1. The minimum Gasteiger partial charge on any atom is -0.480 e. The molecule has 1 atom stereocenters. The molecule has 1 heterocycles. The smallest absolute Gasteiger partial charge is 0.318 e. The summed E-state index contributed by atoms with van der Waals surface area (Å²) < 4.78 is 56.0. The van der Waals surface area contributed by atoms with Crippen LogP contribution < -0.4 is 0 Å². The van der Waals surface area contributed by atoms with E-state index in [4.69, 9.17) is 9.84 Å². The van der Waals surface area contributed by atoms with Gasteiger partial charge in [0.1, 0.15) is 6.54 Å². The molecular weight excluding hydrogens is 358 g/mol. The second-order valence-electron chi connectivity index (χ2n) is 5.93. The molecule has 0 aliphatic carbocycles. The molecule has 140 valence electrons. The summed E-state index contributed by atoms with van der Waals surface area (Å²) in [4.78, 5) is 12.8. The maximum atomic E-state index is 13.3. The van der Waals surface area contributed by atoms with Crippen LogP contribution in [0.3, 0.4) is 0 Å². The molecule has 0 aromatic heterocycles. The molecule has 1 fully saturated rings. The van der Waals surface area contributed by atoms with E-state index < -0.39 is 40.3 Å². The van der Waals surface area contributed by atoms with Gasteiger partial charge in [0.05, 0.1) is 19.0 Å². The van der Waals surface area contributed by atoms with E-state index in [-0.39, 0.29) is 6.54 Å². The van der Waals surface area contributed by atoms with Crippen molar-refractivity contribution in [3.8, 4) is 0 Å². The predicted octanol–water partition coefficient (Wildman–Crippen LogP) is 0.512. The fourth-order valence-electron chi connectivity index (χ4n) is 2.63. The van der Waals surface area contributed by atoms with Gasteiger partial charge in [-0.25, -0.2) is 17.2 Å². The maximum absolute atomic E-state index is 13.3. The summed E-state index contributed by atoms with van der Waals surface area (Å²) in [5.41, 5.74) is 0.588. The number of halogens is 2. The molecule has 1 unspecified atom stereocenters. The molecule has 7 nitrogen and oxygen atoms in total. The molecule has 0 amide bonds. The molecule has 1 aliphatic rings. The third-order valence-electron chi connectivity index (χ3n) is 3.80. The summed E-state index contributed by atoms with van der Waals surface area (Å²) in [7, 11) is -3.68. The number of carboxylic acids is 1. The number of benzene rings is 1. The van der Waals surface area contributed by atoms with Crippen LogP contribution in [0.15, 0.2) is 18.2 Å². The highest BCUT2D eigenvalue weighted by molar-refractivity contribution is 7.88. The van der Waals surface area contributed by atoms with Gasteiger partial charge in [-0.1, -0.05) is 6.07 Å². The van der Waals surface area contributed by atoms with Crippen LogP contribution in [-0.4, -0.2) is 73.8 Å². The summed E-state index contributed by atoms with van der Waals surface area (Å²) in [5.74, 6) is -3.09. The number of rotatable bonds is 7. The van der Waals surface area contributed by atoms with E-state index in [1.54, 1.807) is 0 Å². The Kier molecular flexibility index (Phi) is 6.44. The van der Waals surface area contributed by atoms with Crippen molar-refractivity contribution in [1.82, 2.24) is 9.21 Å². The molecule has 0 radical (unpaired) electrons. The fraction of sp³-hybridized carbons (Fsp3) is 0.533. The molecule has 1 aromatic carbocycles. The Morgan fingerprint density at radius 1 is 1.40 bits per heavy atom. The number of hydrogen-bond acceptors (Lipinski definition) is 5. The van der Waals surface area contributed by atoms with Gasteiger partial charge in [-0.2, -0.15) is 4.31 Å². The van der Waals surface area contributed by atoms with Crippen LogP contribution in [0, 0.1) is 11.6 Å². The molecule has 10 heteroatoms. The summed E-state index contributed by atoms with van der Waals surface area (Å²) in [6.45, 7) is 0.868. The van der Waals surface area contributed by atoms with Crippen molar-refractivity contribution in [3.05, 3.63) is 35.4 Å². The van der Waals surface area contributed by atoms with Crippen LogP contribution in [0.4, 0.5) is 8.78 Å². The second kappa shape index (κ2) is 8.17. The van der Waals surface area contributed by atoms with E-state index >= 15 is 0 Å². The van der Waals surface area contributed by atoms with Crippen molar-refractivity contribution in [2.45, 2.75) is 12.6 Å². The second-order valence-corrected chi connectivity index (χ2v) is 7.91. The van der Waals surface area contributed by atoms with Crippen molar-refractivity contribution < 1.29 is 31.8 Å². The van der Waals surface area contributed by atoms with Gasteiger partial charge in [0, 0.05) is 26.2 Å². The normalized spacial score (nSPS) is 19.3.